The minimum Gasteiger partial charge on any atom is -0.382 e. The van der Waals surface area contributed by atoms with Gasteiger partial charge in [-0.15, -0.1) is 0 Å². The fourth-order valence-electron chi connectivity index (χ4n) is 5.00. The summed E-state index contributed by atoms with van der Waals surface area (Å²) in [4.78, 5) is 24.9. The van der Waals surface area contributed by atoms with Crippen molar-refractivity contribution in [2.24, 2.45) is 0 Å². The Morgan fingerprint density at radius 1 is 1.12 bits per heavy atom. The number of nitrogen functional groups attached to an aromatic ring is 1. The number of fused-ring (bicyclic) bond motifs is 2. The maximum absolute atomic E-state index is 13.0. The first-order valence-corrected chi connectivity index (χ1v) is 14.8. The van der Waals surface area contributed by atoms with Crippen LogP contribution < -0.4 is 16.4 Å². The molecule has 0 saturated carbocycles. The number of ether oxygens (including phenoxy) is 3. The van der Waals surface area contributed by atoms with Gasteiger partial charge in [0.2, 0.25) is 0 Å². The number of carbonyl (C=O) groups is 1. The number of hydrogen-bond donors (Lipinski definition) is 3. The quantitative estimate of drug-likeness (QED) is 0.346. The van der Waals surface area contributed by atoms with E-state index < -0.39 is 41.1 Å². The number of rotatable bonds is 8. The topological polar surface area (TPSA) is 156 Å². The smallest absolute Gasteiger partial charge is 0.319 e. The van der Waals surface area contributed by atoms with Crippen molar-refractivity contribution in [3.63, 3.8) is 0 Å². The summed E-state index contributed by atoms with van der Waals surface area (Å²) >= 11 is 0. The van der Waals surface area contributed by atoms with E-state index in [0.29, 0.717) is 29.9 Å². The second-order valence-corrected chi connectivity index (χ2v) is 13.2. The van der Waals surface area contributed by atoms with E-state index in [0.717, 1.165) is 5.69 Å². The first-order chi connectivity index (χ1) is 18.9. The molecule has 2 fully saturated rings. The van der Waals surface area contributed by atoms with Crippen molar-refractivity contribution in [3.05, 3.63) is 42.5 Å². The van der Waals surface area contributed by atoms with Crippen LogP contribution >= 0.6 is 0 Å². The molecule has 1 aromatic carbocycles. The molecule has 2 aliphatic heterocycles. The molecule has 4 N–H and O–H groups in total. The first-order valence-electron chi connectivity index (χ1n) is 13.4. The number of urea groups is 1. The average Bonchev–Trinajstić information content (AvgIpc) is 3.54. The summed E-state index contributed by atoms with van der Waals surface area (Å²) in [5.41, 5.74) is 8.92. The third-order valence-electron chi connectivity index (χ3n) is 6.98. The molecule has 5 atom stereocenters. The van der Waals surface area contributed by atoms with Crippen molar-refractivity contribution in [2.45, 2.75) is 76.8 Å². The zero-order valence-corrected chi connectivity index (χ0v) is 24.2. The molecule has 13 heteroatoms. The molecule has 216 valence electrons. The van der Waals surface area contributed by atoms with E-state index in [9.17, 15) is 9.00 Å². The van der Waals surface area contributed by atoms with Crippen molar-refractivity contribution >= 4 is 39.5 Å². The first kappa shape index (κ1) is 28.4. The van der Waals surface area contributed by atoms with E-state index >= 15 is 0 Å². The molecule has 5 rings (SSSR count). The zero-order valence-electron chi connectivity index (χ0n) is 23.4. The lowest BCUT2D eigenvalue weighted by atomic mass is 9.87. The van der Waals surface area contributed by atoms with E-state index in [-0.39, 0.29) is 23.0 Å². The third kappa shape index (κ3) is 6.12. The Bertz CT molecular complexity index is 1390. The van der Waals surface area contributed by atoms with E-state index in [4.69, 9.17) is 19.9 Å². The standard InChI is InChI=1S/C27H37N7O5S/c1-26(2,3)16-7-9-17(10-8-16)33-25(35)29-11-6-12-40(36)13-18-20-21(39-27(4,5)38-20)24(37-18)34-15-32-19-22(28)30-14-31-23(19)34/h7-10,14-15,18,20-21,24H,6,11-13H2,1-5H3,(H2,28,30,31)(H2,29,33,35)/t18-,20+,21?,24-,40?/m1/s1. The lowest BCUT2D eigenvalue weighted by molar-refractivity contribution is -0.193. The number of nitrogens with two attached hydrogens (primary N) is 1. The van der Waals surface area contributed by atoms with Crippen LogP contribution in [0.4, 0.5) is 16.3 Å². The van der Waals surface area contributed by atoms with Crippen LogP contribution in [0.1, 0.15) is 52.8 Å². The van der Waals surface area contributed by atoms with Gasteiger partial charge in [0.25, 0.3) is 0 Å². The molecule has 40 heavy (non-hydrogen) atoms. The molecule has 0 spiro atoms. The highest BCUT2D eigenvalue weighted by Crippen LogP contribution is 2.44. The maximum atomic E-state index is 13.0. The summed E-state index contributed by atoms with van der Waals surface area (Å²) in [6.45, 7) is 10.5. The van der Waals surface area contributed by atoms with Crippen LogP contribution in [0, 0.1) is 0 Å². The predicted molar refractivity (Wildman–Crippen MR) is 152 cm³/mol. The SMILES string of the molecule is CC1(C)OC2[C@@H](O1)[C@@H](CS(=O)CCCNC(=O)Nc1ccc(C(C)(C)C)cc1)O[C@H]2n1cnc2c(N)ncnc21. The number of nitrogens with one attached hydrogen (secondary N) is 2. The summed E-state index contributed by atoms with van der Waals surface area (Å²) in [5, 5.41) is 5.66. The molecule has 12 nitrogen and oxygen atoms in total. The molecule has 4 heterocycles. The fourth-order valence-corrected chi connectivity index (χ4v) is 6.27. The largest absolute Gasteiger partial charge is 0.382 e. The summed E-state index contributed by atoms with van der Waals surface area (Å²) in [6.07, 6.45) is 1.65. The van der Waals surface area contributed by atoms with Gasteiger partial charge in [0.1, 0.15) is 30.2 Å². The van der Waals surface area contributed by atoms with Crippen LogP contribution in [-0.4, -0.2) is 71.9 Å². The minimum atomic E-state index is -1.20. The molecule has 0 aliphatic carbocycles. The number of amides is 2. The Morgan fingerprint density at radius 3 is 2.58 bits per heavy atom. The van der Waals surface area contributed by atoms with Crippen molar-refractivity contribution in [1.29, 1.82) is 0 Å². The van der Waals surface area contributed by atoms with E-state index in [2.05, 4.69) is 46.4 Å². The molecular weight excluding hydrogens is 534 g/mol. The number of nitrogens with zero attached hydrogens (tertiary/aromatic N) is 4. The highest BCUT2D eigenvalue weighted by molar-refractivity contribution is 7.85. The van der Waals surface area contributed by atoms with E-state index in [1.54, 1.807) is 10.9 Å². The Balaban J connectivity index is 1.13. The van der Waals surface area contributed by atoms with Gasteiger partial charge in [-0.05, 0) is 43.4 Å². The lowest BCUT2D eigenvalue weighted by Crippen LogP contribution is -2.34. The van der Waals surface area contributed by atoms with Gasteiger partial charge in [0.05, 0.1) is 12.1 Å². The van der Waals surface area contributed by atoms with Crippen LogP contribution in [0.15, 0.2) is 36.9 Å². The Hall–Kier alpha value is -3.13. The maximum Gasteiger partial charge on any atom is 0.319 e. The van der Waals surface area contributed by atoms with Crippen LogP contribution in [-0.2, 0) is 30.4 Å². The number of aromatic nitrogens is 4. The van der Waals surface area contributed by atoms with Crippen molar-refractivity contribution in [1.82, 2.24) is 24.8 Å². The van der Waals surface area contributed by atoms with Gasteiger partial charge in [-0.3, -0.25) is 8.78 Å². The Labute approximate surface area is 235 Å². The number of hydrogen-bond acceptors (Lipinski definition) is 9. The average molecular weight is 572 g/mol. The van der Waals surface area contributed by atoms with Gasteiger partial charge in [0.15, 0.2) is 23.5 Å². The van der Waals surface area contributed by atoms with Gasteiger partial charge in [0, 0.05) is 28.8 Å². The summed E-state index contributed by atoms with van der Waals surface area (Å²) in [5.74, 6) is 0.143. The van der Waals surface area contributed by atoms with Crippen molar-refractivity contribution in [3.8, 4) is 0 Å². The zero-order chi connectivity index (χ0) is 28.7. The van der Waals surface area contributed by atoms with Gasteiger partial charge in [-0.25, -0.2) is 19.7 Å². The van der Waals surface area contributed by atoms with Gasteiger partial charge in [-0.2, -0.15) is 0 Å². The monoisotopic (exact) mass is 571 g/mol. The fraction of sp³-hybridized carbons (Fsp3) is 0.556. The highest BCUT2D eigenvalue weighted by Gasteiger charge is 2.56. The van der Waals surface area contributed by atoms with E-state index in [1.165, 1.54) is 11.9 Å². The second kappa shape index (κ2) is 11.0. The molecule has 3 aromatic rings. The van der Waals surface area contributed by atoms with Crippen LogP contribution in [0.3, 0.4) is 0 Å². The molecule has 0 bridgehead atoms. The van der Waals surface area contributed by atoms with Crippen molar-refractivity contribution in [2.75, 3.05) is 29.1 Å². The number of anilines is 2. The van der Waals surface area contributed by atoms with Crippen LogP contribution in [0.2, 0.25) is 0 Å². The molecule has 2 aliphatic rings. The van der Waals surface area contributed by atoms with E-state index in [1.807, 2.05) is 38.1 Å². The lowest BCUT2D eigenvalue weighted by Gasteiger charge is -2.24. The molecule has 2 unspecified atom stereocenters. The molecular formula is C27H37N7O5S. The van der Waals surface area contributed by atoms with Crippen LogP contribution in [0.5, 0.6) is 0 Å². The molecule has 0 radical (unpaired) electrons. The molecule has 2 aromatic heterocycles. The van der Waals surface area contributed by atoms with Crippen LogP contribution in [0.25, 0.3) is 11.2 Å². The number of imidazole rings is 1. The number of carbonyl (C=O) groups excluding carboxylic acids is 1. The van der Waals surface area contributed by atoms with Gasteiger partial charge < -0.3 is 30.6 Å². The summed E-state index contributed by atoms with van der Waals surface area (Å²) < 4.78 is 33.4. The normalized spacial score (nSPS) is 24.6. The predicted octanol–water partition coefficient (Wildman–Crippen LogP) is 3.08. The molecule has 2 saturated heterocycles. The Kier molecular flexibility index (Phi) is 7.83. The minimum absolute atomic E-state index is 0.0479. The van der Waals surface area contributed by atoms with Gasteiger partial charge >= 0.3 is 6.03 Å². The molecule has 2 amide bonds. The number of benzene rings is 1. The van der Waals surface area contributed by atoms with Crippen molar-refractivity contribution < 1.29 is 23.2 Å². The third-order valence-corrected chi connectivity index (χ3v) is 8.42. The van der Waals surface area contributed by atoms with Gasteiger partial charge in [-0.1, -0.05) is 32.9 Å². The highest BCUT2D eigenvalue weighted by atomic mass is 32.2. The second-order valence-electron chi connectivity index (χ2n) is 11.6. The summed E-state index contributed by atoms with van der Waals surface area (Å²) in [6, 6.07) is 7.51. The summed E-state index contributed by atoms with van der Waals surface area (Å²) in [7, 11) is -1.20. The Morgan fingerprint density at radius 2 is 1.85 bits per heavy atom.